The molecule has 0 amide bonds. The maximum Gasteiger partial charge on any atom is 0.0178 e. The zero-order chi connectivity index (χ0) is 13.0. The molecule has 4 aliphatic rings. The average molecular weight is 249 g/mol. The Hall–Kier alpha value is -0.0400. The van der Waals surface area contributed by atoms with E-state index in [9.17, 15) is 0 Å². The lowest BCUT2D eigenvalue weighted by atomic mass is 9.40. The third kappa shape index (κ3) is 1.69. The van der Waals surface area contributed by atoms with Crippen LogP contribution < -0.4 is 5.32 Å². The molecule has 104 valence electrons. The highest BCUT2D eigenvalue weighted by Crippen LogP contribution is 2.69. The second kappa shape index (κ2) is 3.98. The van der Waals surface area contributed by atoms with E-state index in [4.69, 9.17) is 0 Å². The first-order valence-corrected chi connectivity index (χ1v) is 8.13. The largest absolute Gasteiger partial charge is 0.314 e. The maximum absolute atomic E-state index is 3.66. The molecule has 4 saturated carbocycles. The zero-order valence-corrected chi connectivity index (χ0v) is 12.8. The van der Waals surface area contributed by atoms with Crippen LogP contribution in [0.2, 0.25) is 0 Å². The molecular formula is C17H31N. The summed E-state index contributed by atoms with van der Waals surface area (Å²) in [7, 11) is 2.17. The van der Waals surface area contributed by atoms with Crippen LogP contribution in [-0.2, 0) is 0 Å². The Bertz CT molecular complexity index is 317. The van der Waals surface area contributed by atoms with Gasteiger partial charge in [0.05, 0.1) is 0 Å². The first-order valence-electron chi connectivity index (χ1n) is 8.13. The topological polar surface area (TPSA) is 12.0 Å². The molecule has 0 aromatic heterocycles. The lowest BCUT2D eigenvalue weighted by Gasteiger charge is -2.66. The Morgan fingerprint density at radius 2 is 1.72 bits per heavy atom. The predicted molar refractivity (Wildman–Crippen MR) is 77.6 cm³/mol. The molecule has 18 heavy (non-hydrogen) atoms. The van der Waals surface area contributed by atoms with Gasteiger partial charge in [0.15, 0.2) is 0 Å². The van der Waals surface area contributed by atoms with Crippen molar-refractivity contribution < 1.29 is 0 Å². The van der Waals surface area contributed by atoms with Gasteiger partial charge in [0.2, 0.25) is 0 Å². The summed E-state index contributed by atoms with van der Waals surface area (Å²) in [5.74, 6) is 2.09. The van der Waals surface area contributed by atoms with Gasteiger partial charge in [0.1, 0.15) is 0 Å². The molecular weight excluding hydrogens is 218 g/mol. The third-order valence-corrected chi connectivity index (χ3v) is 6.91. The molecule has 4 fully saturated rings. The Kier molecular flexibility index (Phi) is 2.86. The fourth-order valence-electron chi connectivity index (χ4n) is 6.27. The number of hydrogen-bond acceptors (Lipinski definition) is 1. The summed E-state index contributed by atoms with van der Waals surface area (Å²) in [5.41, 5.74) is 1.65. The minimum atomic E-state index is 0.323. The van der Waals surface area contributed by atoms with Crippen molar-refractivity contribution in [2.45, 2.75) is 77.7 Å². The molecule has 4 rings (SSSR count). The molecule has 1 heteroatoms. The molecule has 0 heterocycles. The van der Waals surface area contributed by atoms with Crippen molar-refractivity contribution in [1.29, 1.82) is 0 Å². The average Bonchev–Trinajstić information content (AvgIpc) is 2.26. The molecule has 0 aromatic rings. The molecule has 0 spiro atoms. The van der Waals surface area contributed by atoms with E-state index in [0.29, 0.717) is 11.0 Å². The Morgan fingerprint density at radius 1 is 1.11 bits per heavy atom. The van der Waals surface area contributed by atoms with Crippen molar-refractivity contribution in [2.24, 2.45) is 22.7 Å². The monoisotopic (exact) mass is 249 g/mol. The van der Waals surface area contributed by atoms with Gasteiger partial charge in [-0.25, -0.2) is 0 Å². The molecule has 1 N–H and O–H groups in total. The summed E-state index contributed by atoms with van der Waals surface area (Å²) in [6.45, 7) is 7.30. The molecule has 2 atom stereocenters. The van der Waals surface area contributed by atoms with Crippen molar-refractivity contribution in [2.75, 3.05) is 7.05 Å². The highest BCUT2D eigenvalue weighted by atomic mass is 15.0. The van der Waals surface area contributed by atoms with E-state index in [2.05, 4.69) is 33.1 Å². The molecule has 0 saturated heterocycles. The van der Waals surface area contributed by atoms with Crippen LogP contribution in [0.15, 0.2) is 0 Å². The van der Waals surface area contributed by atoms with Gasteiger partial charge in [0.25, 0.3) is 0 Å². The SMILES string of the molecule is CCCC12CC3CC(C1)CC(C(C)(C)NC)(C3)C2. The Balaban J connectivity index is 1.94. The van der Waals surface area contributed by atoms with E-state index in [0.717, 1.165) is 17.3 Å². The molecule has 4 bridgehead atoms. The van der Waals surface area contributed by atoms with E-state index >= 15 is 0 Å². The van der Waals surface area contributed by atoms with Crippen molar-refractivity contribution >= 4 is 0 Å². The minimum absolute atomic E-state index is 0.323. The Labute approximate surface area is 113 Å². The molecule has 4 aliphatic carbocycles. The summed E-state index contributed by atoms with van der Waals surface area (Å²) < 4.78 is 0. The summed E-state index contributed by atoms with van der Waals surface area (Å²) in [5, 5.41) is 3.66. The van der Waals surface area contributed by atoms with Crippen LogP contribution >= 0.6 is 0 Å². The highest BCUT2D eigenvalue weighted by Gasteiger charge is 2.61. The van der Waals surface area contributed by atoms with Crippen molar-refractivity contribution in [3.63, 3.8) is 0 Å². The van der Waals surface area contributed by atoms with Crippen LogP contribution in [0.25, 0.3) is 0 Å². The van der Waals surface area contributed by atoms with Gasteiger partial charge in [-0.05, 0) is 88.5 Å². The van der Waals surface area contributed by atoms with E-state index in [1.54, 1.807) is 19.3 Å². The smallest absolute Gasteiger partial charge is 0.0178 e. The zero-order valence-electron chi connectivity index (χ0n) is 12.8. The van der Waals surface area contributed by atoms with Crippen LogP contribution in [0.5, 0.6) is 0 Å². The van der Waals surface area contributed by atoms with Gasteiger partial charge in [-0.3, -0.25) is 0 Å². The van der Waals surface area contributed by atoms with Crippen LogP contribution in [-0.4, -0.2) is 12.6 Å². The van der Waals surface area contributed by atoms with Crippen molar-refractivity contribution in [3.05, 3.63) is 0 Å². The highest BCUT2D eigenvalue weighted by molar-refractivity contribution is 5.13. The fraction of sp³-hybridized carbons (Fsp3) is 1.00. The Morgan fingerprint density at radius 3 is 2.22 bits per heavy atom. The molecule has 0 aromatic carbocycles. The van der Waals surface area contributed by atoms with E-state index < -0.39 is 0 Å². The quantitative estimate of drug-likeness (QED) is 0.780. The van der Waals surface area contributed by atoms with Crippen molar-refractivity contribution in [1.82, 2.24) is 5.32 Å². The lowest BCUT2D eigenvalue weighted by Crippen LogP contribution is -2.63. The first-order chi connectivity index (χ1) is 8.44. The van der Waals surface area contributed by atoms with Crippen LogP contribution in [0.4, 0.5) is 0 Å². The van der Waals surface area contributed by atoms with Gasteiger partial charge >= 0.3 is 0 Å². The standard InChI is InChI=1S/C17H31N/c1-5-6-16-8-13-7-14(9-16)11-17(10-13,12-16)15(2,3)18-4/h13-14,18H,5-12H2,1-4H3. The predicted octanol–water partition coefficient (Wildman–Crippen LogP) is 4.37. The second-order valence-corrected chi connectivity index (χ2v) is 8.37. The van der Waals surface area contributed by atoms with Crippen LogP contribution in [0.3, 0.4) is 0 Å². The van der Waals surface area contributed by atoms with E-state index in [1.807, 2.05) is 0 Å². The molecule has 1 nitrogen and oxygen atoms in total. The third-order valence-electron chi connectivity index (χ3n) is 6.91. The van der Waals surface area contributed by atoms with Crippen LogP contribution in [0.1, 0.15) is 72.1 Å². The second-order valence-electron chi connectivity index (χ2n) is 8.37. The van der Waals surface area contributed by atoms with Gasteiger partial charge in [0, 0.05) is 5.54 Å². The van der Waals surface area contributed by atoms with Gasteiger partial charge in [-0.1, -0.05) is 13.3 Å². The fourth-order valence-corrected chi connectivity index (χ4v) is 6.27. The molecule has 0 aliphatic heterocycles. The summed E-state index contributed by atoms with van der Waals surface area (Å²) in [6.07, 6.45) is 12.0. The number of rotatable bonds is 4. The first kappa shape index (κ1) is 13.0. The summed E-state index contributed by atoms with van der Waals surface area (Å²) in [6, 6.07) is 0. The van der Waals surface area contributed by atoms with Gasteiger partial charge < -0.3 is 5.32 Å². The summed E-state index contributed by atoms with van der Waals surface area (Å²) in [4.78, 5) is 0. The van der Waals surface area contributed by atoms with Crippen LogP contribution in [0, 0.1) is 22.7 Å². The van der Waals surface area contributed by atoms with E-state index in [1.165, 1.54) is 32.1 Å². The lowest BCUT2D eigenvalue weighted by molar-refractivity contribution is -0.146. The number of hydrogen-bond donors (Lipinski definition) is 1. The minimum Gasteiger partial charge on any atom is -0.314 e. The maximum atomic E-state index is 3.66. The van der Waals surface area contributed by atoms with Crippen molar-refractivity contribution in [3.8, 4) is 0 Å². The van der Waals surface area contributed by atoms with Gasteiger partial charge in [-0.2, -0.15) is 0 Å². The normalized spacial score (nSPS) is 46.7. The van der Waals surface area contributed by atoms with Gasteiger partial charge in [-0.15, -0.1) is 0 Å². The number of nitrogens with one attached hydrogen (secondary N) is 1. The molecule has 0 radical (unpaired) electrons. The molecule has 2 unspecified atom stereocenters. The summed E-state index contributed by atoms with van der Waals surface area (Å²) >= 11 is 0. The van der Waals surface area contributed by atoms with E-state index in [-0.39, 0.29) is 0 Å².